The second-order valence-electron chi connectivity index (χ2n) is 13.0. The van der Waals surface area contributed by atoms with Crippen molar-refractivity contribution in [3.63, 3.8) is 0 Å². The molecule has 4 aliphatic rings. The zero-order chi connectivity index (χ0) is 26.3. The summed E-state index contributed by atoms with van der Waals surface area (Å²) in [5.41, 5.74) is -2.40. The smallest absolute Gasteiger partial charge is 0.190 e. The molecule has 0 aromatic rings. The van der Waals surface area contributed by atoms with E-state index in [2.05, 4.69) is 46.4 Å². The number of aliphatic hydroxyl groups is 3. The van der Waals surface area contributed by atoms with Crippen molar-refractivity contribution >= 4 is 11.6 Å². The van der Waals surface area contributed by atoms with Crippen LogP contribution in [-0.2, 0) is 9.59 Å². The number of nitrogens with zero attached hydrogens (tertiary/aromatic N) is 1. The maximum atomic E-state index is 13.4. The van der Waals surface area contributed by atoms with Gasteiger partial charge in [0.05, 0.1) is 6.10 Å². The van der Waals surface area contributed by atoms with Crippen LogP contribution in [0.1, 0.15) is 99.8 Å². The van der Waals surface area contributed by atoms with Crippen molar-refractivity contribution in [3.8, 4) is 0 Å². The Morgan fingerprint density at radius 2 is 1.69 bits per heavy atom. The molecular weight excluding hydrogens is 442 g/mol. The van der Waals surface area contributed by atoms with Crippen LogP contribution in [0, 0.1) is 34.5 Å². The minimum Gasteiger partial charge on any atom is -0.393 e. The number of carbonyl (C=O) groups is 2. The van der Waals surface area contributed by atoms with E-state index >= 15 is 0 Å². The highest BCUT2D eigenvalue weighted by Gasteiger charge is 2.68. The molecule has 0 radical (unpaired) electrons. The van der Waals surface area contributed by atoms with E-state index < -0.39 is 23.4 Å². The van der Waals surface area contributed by atoms with Gasteiger partial charge in [-0.2, -0.15) is 0 Å². The molecule has 0 aromatic carbocycles. The van der Waals surface area contributed by atoms with Crippen LogP contribution >= 0.6 is 0 Å². The van der Waals surface area contributed by atoms with Crippen LogP contribution in [0.25, 0.3) is 0 Å². The number of Topliss-reactive ketones (excluding diaryl/α,β-unsaturated/α-hetero) is 2. The van der Waals surface area contributed by atoms with Gasteiger partial charge in [0.15, 0.2) is 5.78 Å². The number of carbonyl (C=O) groups excluding carboxylic acids is 2. The summed E-state index contributed by atoms with van der Waals surface area (Å²) < 4.78 is 0. The van der Waals surface area contributed by atoms with Crippen LogP contribution in [0.5, 0.6) is 0 Å². The fourth-order valence-corrected chi connectivity index (χ4v) is 8.97. The largest absolute Gasteiger partial charge is 0.393 e. The second-order valence-corrected chi connectivity index (χ2v) is 13.0. The van der Waals surface area contributed by atoms with Gasteiger partial charge in [0.25, 0.3) is 0 Å². The lowest BCUT2D eigenvalue weighted by Crippen LogP contribution is -2.62. The van der Waals surface area contributed by atoms with Gasteiger partial charge in [0, 0.05) is 29.8 Å². The fraction of sp³-hybridized carbons (Fsp3) is 0.931. The molecule has 6 heteroatoms. The highest BCUT2D eigenvalue weighted by Crippen LogP contribution is 2.67. The van der Waals surface area contributed by atoms with Gasteiger partial charge in [0.1, 0.15) is 18.0 Å². The fourth-order valence-electron chi connectivity index (χ4n) is 8.97. The van der Waals surface area contributed by atoms with E-state index in [4.69, 9.17) is 0 Å². The number of rotatable bonds is 5. The van der Waals surface area contributed by atoms with E-state index in [1.54, 1.807) is 0 Å². The molecule has 4 aliphatic carbocycles. The lowest BCUT2D eigenvalue weighted by Gasteiger charge is -2.60. The minimum atomic E-state index is -1.58. The van der Waals surface area contributed by atoms with Crippen molar-refractivity contribution in [1.29, 1.82) is 0 Å². The van der Waals surface area contributed by atoms with Gasteiger partial charge in [-0.25, -0.2) is 0 Å². The normalized spacial score (nSPS) is 42.9. The lowest BCUT2D eigenvalue weighted by molar-refractivity contribution is -0.180. The topological polar surface area (TPSA) is 98.1 Å². The molecule has 35 heavy (non-hydrogen) atoms. The first-order valence-electron chi connectivity index (χ1n) is 14.1. The van der Waals surface area contributed by atoms with Crippen molar-refractivity contribution in [1.82, 2.24) is 4.90 Å². The molecule has 202 valence electrons. The molecule has 0 spiro atoms. The monoisotopic (exact) mass is 493 g/mol. The zero-order valence-corrected chi connectivity index (χ0v) is 23.2. The third-order valence-electron chi connectivity index (χ3n) is 10.8. The second kappa shape index (κ2) is 10.5. The highest BCUT2D eigenvalue weighted by atomic mass is 16.3. The highest BCUT2D eigenvalue weighted by molar-refractivity contribution is 5.92. The Morgan fingerprint density at radius 3 is 2.20 bits per heavy atom. The summed E-state index contributed by atoms with van der Waals surface area (Å²) in [6.45, 7) is 15.8. The van der Waals surface area contributed by atoms with Gasteiger partial charge in [-0.3, -0.25) is 14.5 Å². The minimum absolute atomic E-state index is 0.0154. The Balaban J connectivity index is 0.000000327. The first-order chi connectivity index (χ1) is 16.3. The van der Waals surface area contributed by atoms with Crippen LogP contribution in [0.3, 0.4) is 0 Å². The summed E-state index contributed by atoms with van der Waals surface area (Å²) in [5, 5.41) is 30.6. The standard InChI is InChI=1S/C21H32O5.C8H19N/c1-19-7-5-13(23)9-12(19)3-4-14-15-6-8-21(26,17(25)11-22)20(15,2)10-16(24)18(14)19;1-6-9(7(2)3)8(4)5/h12-15,18,22-23,26H,3-11H2,1-2H3;7-8H,6H2,1-5H3/t12-,13-,14+,15+,18-,19+,20+,21+;/m1./s1. The summed E-state index contributed by atoms with van der Waals surface area (Å²) in [5.74, 6) is 0.380. The third-order valence-corrected chi connectivity index (χ3v) is 10.8. The van der Waals surface area contributed by atoms with Gasteiger partial charge in [-0.05, 0) is 102 Å². The molecule has 0 unspecified atom stereocenters. The van der Waals surface area contributed by atoms with E-state index in [0.29, 0.717) is 24.4 Å². The van der Waals surface area contributed by atoms with Crippen molar-refractivity contribution < 1.29 is 24.9 Å². The van der Waals surface area contributed by atoms with E-state index in [-0.39, 0.29) is 41.5 Å². The number of aliphatic hydroxyl groups excluding tert-OH is 2. The summed E-state index contributed by atoms with van der Waals surface area (Å²) >= 11 is 0. The van der Waals surface area contributed by atoms with Gasteiger partial charge in [-0.1, -0.05) is 20.8 Å². The Hall–Kier alpha value is -0.820. The third kappa shape index (κ3) is 4.78. The van der Waals surface area contributed by atoms with Crippen molar-refractivity contribution in [2.24, 2.45) is 34.5 Å². The molecule has 0 saturated heterocycles. The molecule has 0 amide bonds. The number of hydrogen-bond donors (Lipinski definition) is 3. The first-order valence-corrected chi connectivity index (χ1v) is 14.1. The van der Waals surface area contributed by atoms with E-state index in [1.807, 2.05) is 6.92 Å². The number of hydrogen-bond acceptors (Lipinski definition) is 6. The van der Waals surface area contributed by atoms with Crippen LogP contribution in [0.4, 0.5) is 0 Å². The molecule has 0 bridgehead atoms. The SMILES string of the molecule is CCN(C(C)C)C(C)C.C[C@]12CC[C@@H](O)C[C@H]1CC[C@@H]1[C@@H]2C(=O)C[C@@]2(C)[C@H]1CC[C@]2(O)C(=O)CO. The van der Waals surface area contributed by atoms with Crippen LogP contribution < -0.4 is 0 Å². The number of ketones is 2. The molecule has 4 saturated carbocycles. The summed E-state index contributed by atoms with van der Waals surface area (Å²) in [6.07, 6.45) is 5.47. The average molecular weight is 494 g/mol. The predicted octanol–water partition coefficient (Wildman–Crippen LogP) is 3.99. The Morgan fingerprint density at radius 1 is 1.06 bits per heavy atom. The van der Waals surface area contributed by atoms with Crippen molar-refractivity contribution in [2.45, 2.75) is 124 Å². The average Bonchev–Trinajstić information content (AvgIpc) is 3.05. The van der Waals surface area contributed by atoms with Crippen molar-refractivity contribution in [3.05, 3.63) is 0 Å². The first kappa shape index (κ1) is 28.7. The Labute approximate surface area is 212 Å². The maximum absolute atomic E-state index is 13.4. The van der Waals surface area contributed by atoms with Gasteiger partial charge >= 0.3 is 0 Å². The summed E-state index contributed by atoms with van der Waals surface area (Å²) in [7, 11) is 0. The van der Waals surface area contributed by atoms with Crippen LogP contribution in [0.2, 0.25) is 0 Å². The van der Waals surface area contributed by atoms with Crippen LogP contribution in [0.15, 0.2) is 0 Å². The Kier molecular flexibility index (Phi) is 8.63. The van der Waals surface area contributed by atoms with Gasteiger partial charge < -0.3 is 15.3 Å². The van der Waals surface area contributed by atoms with E-state index in [0.717, 1.165) is 45.1 Å². The summed E-state index contributed by atoms with van der Waals surface area (Å²) in [6, 6.07) is 1.38. The Bertz CT molecular complexity index is 775. The number of fused-ring (bicyclic) bond motifs is 5. The molecule has 4 rings (SSSR count). The zero-order valence-electron chi connectivity index (χ0n) is 23.2. The van der Waals surface area contributed by atoms with E-state index in [1.165, 1.54) is 0 Å². The molecule has 0 aromatic heterocycles. The molecule has 0 heterocycles. The maximum Gasteiger partial charge on any atom is 0.190 e. The quantitative estimate of drug-likeness (QED) is 0.536. The molecule has 3 N–H and O–H groups in total. The molecule has 0 aliphatic heterocycles. The molecular formula is C29H51NO5. The van der Waals surface area contributed by atoms with Crippen molar-refractivity contribution in [2.75, 3.05) is 13.2 Å². The molecule has 4 fully saturated rings. The predicted molar refractivity (Wildman–Crippen MR) is 138 cm³/mol. The van der Waals surface area contributed by atoms with Gasteiger partial charge in [-0.15, -0.1) is 0 Å². The summed E-state index contributed by atoms with van der Waals surface area (Å²) in [4.78, 5) is 28.2. The lowest BCUT2D eigenvalue weighted by atomic mass is 9.44. The molecule has 6 nitrogen and oxygen atoms in total. The van der Waals surface area contributed by atoms with Crippen LogP contribution in [-0.4, -0.2) is 68.7 Å². The molecule has 8 atom stereocenters. The van der Waals surface area contributed by atoms with E-state index in [9.17, 15) is 24.9 Å². The van der Waals surface area contributed by atoms with Gasteiger partial charge in [0.2, 0.25) is 0 Å².